The molecule has 0 unspecified atom stereocenters. The van der Waals surface area contributed by atoms with Crippen molar-refractivity contribution in [1.82, 2.24) is 8.96 Å². The SMILES string of the molecule is Cc1nccn1S(=O)(=O)C=Cc1ccccc1. The quantitative estimate of drug-likeness (QED) is 0.835. The summed E-state index contributed by atoms with van der Waals surface area (Å²) in [5.74, 6) is 0.447. The third-order valence-corrected chi connectivity index (χ3v) is 3.70. The van der Waals surface area contributed by atoms with Gasteiger partial charge in [0.2, 0.25) is 0 Å². The number of rotatable bonds is 3. The van der Waals surface area contributed by atoms with E-state index in [2.05, 4.69) is 4.98 Å². The smallest absolute Gasteiger partial charge is 0.241 e. The minimum absolute atomic E-state index is 0.447. The Bertz CT molecular complexity index is 628. The number of imidazole rings is 1. The molecule has 2 rings (SSSR count). The van der Waals surface area contributed by atoms with Crippen LogP contribution in [0.4, 0.5) is 0 Å². The highest BCUT2D eigenvalue weighted by molar-refractivity contribution is 7.93. The number of aryl methyl sites for hydroxylation is 1. The molecule has 0 amide bonds. The van der Waals surface area contributed by atoms with Crippen LogP contribution >= 0.6 is 0 Å². The molecule has 0 aliphatic rings. The van der Waals surface area contributed by atoms with Crippen LogP contribution in [0.5, 0.6) is 0 Å². The van der Waals surface area contributed by atoms with Crippen LogP contribution < -0.4 is 0 Å². The second kappa shape index (κ2) is 4.55. The van der Waals surface area contributed by atoms with Crippen LogP contribution in [0.2, 0.25) is 0 Å². The molecular formula is C12H12N2O2S. The van der Waals surface area contributed by atoms with Gasteiger partial charge < -0.3 is 0 Å². The first kappa shape index (κ1) is 11.6. The fourth-order valence-corrected chi connectivity index (χ4v) is 2.53. The second-order valence-electron chi connectivity index (χ2n) is 3.53. The third-order valence-electron chi connectivity index (χ3n) is 2.29. The number of nitrogens with zero attached hydrogens (tertiary/aromatic N) is 2. The van der Waals surface area contributed by atoms with Crippen LogP contribution in [0.1, 0.15) is 11.4 Å². The Morgan fingerprint density at radius 1 is 1.24 bits per heavy atom. The highest BCUT2D eigenvalue weighted by Crippen LogP contribution is 2.07. The average molecular weight is 248 g/mol. The maximum Gasteiger partial charge on any atom is 0.262 e. The summed E-state index contributed by atoms with van der Waals surface area (Å²) >= 11 is 0. The lowest BCUT2D eigenvalue weighted by Crippen LogP contribution is -2.09. The van der Waals surface area contributed by atoms with Gasteiger partial charge in [-0.1, -0.05) is 30.3 Å². The van der Waals surface area contributed by atoms with E-state index in [-0.39, 0.29) is 0 Å². The summed E-state index contributed by atoms with van der Waals surface area (Å²) in [7, 11) is -3.47. The molecule has 0 N–H and O–H groups in total. The molecule has 0 radical (unpaired) electrons. The number of hydrogen-bond donors (Lipinski definition) is 0. The van der Waals surface area contributed by atoms with Crippen molar-refractivity contribution in [3.05, 3.63) is 59.5 Å². The molecule has 1 aromatic heterocycles. The van der Waals surface area contributed by atoms with Crippen LogP contribution in [0.25, 0.3) is 6.08 Å². The van der Waals surface area contributed by atoms with Gasteiger partial charge in [-0.05, 0) is 18.6 Å². The zero-order chi connectivity index (χ0) is 12.3. The van der Waals surface area contributed by atoms with Crippen molar-refractivity contribution < 1.29 is 8.42 Å². The predicted octanol–water partition coefficient (Wildman–Crippen LogP) is 2.04. The molecule has 2 aromatic rings. The van der Waals surface area contributed by atoms with Gasteiger partial charge in [-0.2, -0.15) is 0 Å². The highest BCUT2D eigenvalue weighted by atomic mass is 32.2. The zero-order valence-corrected chi connectivity index (χ0v) is 10.1. The van der Waals surface area contributed by atoms with Crippen LogP contribution in [0.15, 0.2) is 48.1 Å². The van der Waals surface area contributed by atoms with Gasteiger partial charge in [0.15, 0.2) is 0 Å². The van der Waals surface area contributed by atoms with E-state index >= 15 is 0 Å². The molecule has 0 saturated carbocycles. The predicted molar refractivity (Wildman–Crippen MR) is 66.8 cm³/mol. The molecule has 0 spiro atoms. The van der Waals surface area contributed by atoms with E-state index in [9.17, 15) is 8.42 Å². The molecule has 0 fully saturated rings. The summed E-state index contributed by atoms with van der Waals surface area (Å²) in [5, 5.41) is 1.18. The van der Waals surface area contributed by atoms with Gasteiger partial charge in [-0.15, -0.1) is 0 Å². The fourth-order valence-electron chi connectivity index (χ4n) is 1.43. The molecule has 17 heavy (non-hydrogen) atoms. The first-order valence-corrected chi connectivity index (χ1v) is 6.58. The molecular weight excluding hydrogens is 236 g/mol. The number of hydrogen-bond acceptors (Lipinski definition) is 3. The van der Waals surface area contributed by atoms with E-state index in [0.717, 1.165) is 9.54 Å². The Morgan fingerprint density at radius 2 is 1.94 bits per heavy atom. The van der Waals surface area contributed by atoms with Gasteiger partial charge in [0, 0.05) is 12.4 Å². The molecule has 0 aliphatic carbocycles. The monoisotopic (exact) mass is 248 g/mol. The second-order valence-corrected chi connectivity index (χ2v) is 5.22. The lowest BCUT2D eigenvalue weighted by atomic mass is 10.2. The van der Waals surface area contributed by atoms with E-state index < -0.39 is 10.0 Å². The summed E-state index contributed by atoms with van der Waals surface area (Å²) in [6, 6.07) is 9.27. The molecule has 1 heterocycles. The highest BCUT2D eigenvalue weighted by Gasteiger charge is 2.10. The molecule has 0 saturated heterocycles. The minimum Gasteiger partial charge on any atom is -0.241 e. The van der Waals surface area contributed by atoms with Crippen LogP contribution in [0, 0.1) is 6.92 Å². The van der Waals surface area contributed by atoms with E-state index in [4.69, 9.17) is 0 Å². The van der Waals surface area contributed by atoms with Crippen molar-refractivity contribution in [2.75, 3.05) is 0 Å². The summed E-state index contributed by atoms with van der Waals surface area (Å²) < 4.78 is 25.0. The standard InChI is InChI=1S/C12H12N2O2S/c1-11-13-8-9-14(11)17(15,16)10-7-12-5-3-2-4-6-12/h2-10H,1H3. The van der Waals surface area contributed by atoms with Crippen LogP contribution in [-0.4, -0.2) is 17.4 Å². The molecule has 0 bridgehead atoms. The first-order chi connectivity index (χ1) is 8.09. The number of benzene rings is 1. The normalized spacial score (nSPS) is 12.1. The lowest BCUT2D eigenvalue weighted by molar-refractivity contribution is 0.595. The van der Waals surface area contributed by atoms with Crippen molar-refractivity contribution in [2.45, 2.75) is 6.92 Å². The maximum atomic E-state index is 11.9. The van der Waals surface area contributed by atoms with Gasteiger partial charge in [-0.25, -0.2) is 17.4 Å². The molecule has 1 aromatic carbocycles. The summed E-state index contributed by atoms with van der Waals surface area (Å²) in [6.07, 6.45) is 4.46. The fraction of sp³-hybridized carbons (Fsp3) is 0.0833. The number of aromatic nitrogens is 2. The Kier molecular flexibility index (Phi) is 3.10. The maximum absolute atomic E-state index is 11.9. The Morgan fingerprint density at radius 3 is 2.53 bits per heavy atom. The Hall–Kier alpha value is -1.88. The van der Waals surface area contributed by atoms with Gasteiger partial charge in [0.25, 0.3) is 10.0 Å². The summed E-state index contributed by atoms with van der Waals surface area (Å²) in [4.78, 5) is 3.89. The van der Waals surface area contributed by atoms with Gasteiger partial charge >= 0.3 is 0 Å². The molecule has 5 heteroatoms. The van der Waals surface area contributed by atoms with E-state index in [0.29, 0.717) is 5.82 Å². The zero-order valence-electron chi connectivity index (χ0n) is 9.32. The summed E-state index contributed by atoms with van der Waals surface area (Å²) in [5.41, 5.74) is 0.842. The van der Waals surface area contributed by atoms with E-state index in [1.54, 1.807) is 13.0 Å². The van der Waals surface area contributed by atoms with E-state index in [1.807, 2.05) is 30.3 Å². The first-order valence-electron chi connectivity index (χ1n) is 5.08. The Balaban J connectivity index is 2.31. The van der Waals surface area contributed by atoms with Gasteiger partial charge in [0.1, 0.15) is 5.82 Å². The van der Waals surface area contributed by atoms with Crippen molar-refractivity contribution in [2.24, 2.45) is 0 Å². The summed E-state index contributed by atoms with van der Waals surface area (Å²) in [6.45, 7) is 1.65. The van der Waals surface area contributed by atoms with Gasteiger partial charge in [-0.3, -0.25) is 0 Å². The third kappa shape index (κ3) is 2.62. The largest absolute Gasteiger partial charge is 0.262 e. The van der Waals surface area contributed by atoms with Crippen molar-refractivity contribution in [3.8, 4) is 0 Å². The van der Waals surface area contributed by atoms with Crippen LogP contribution in [0.3, 0.4) is 0 Å². The van der Waals surface area contributed by atoms with Crippen molar-refractivity contribution in [3.63, 3.8) is 0 Å². The molecule has 0 aliphatic heterocycles. The molecule has 88 valence electrons. The minimum atomic E-state index is -3.47. The van der Waals surface area contributed by atoms with Crippen molar-refractivity contribution >= 4 is 16.1 Å². The molecule has 4 nitrogen and oxygen atoms in total. The topological polar surface area (TPSA) is 52.0 Å². The average Bonchev–Trinajstić information content (AvgIpc) is 2.75. The van der Waals surface area contributed by atoms with Crippen molar-refractivity contribution in [1.29, 1.82) is 0 Å². The van der Waals surface area contributed by atoms with Crippen LogP contribution in [-0.2, 0) is 10.0 Å². The van der Waals surface area contributed by atoms with Gasteiger partial charge in [0.05, 0.1) is 5.41 Å². The Labute approximate surface area is 100 Å². The molecule has 0 atom stereocenters. The van der Waals surface area contributed by atoms with E-state index in [1.165, 1.54) is 17.8 Å². The lowest BCUT2D eigenvalue weighted by Gasteiger charge is -2.01.